The molecule has 0 saturated heterocycles. The number of unbranched alkanes of at least 4 members (excludes halogenated alkanes) is 1. The molecule has 3 rings (SSSR count). The van der Waals surface area contributed by atoms with E-state index >= 15 is 0 Å². The molecule has 0 aromatic heterocycles. The monoisotopic (exact) mass is 365 g/mol. The summed E-state index contributed by atoms with van der Waals surface area (Å²) in [6, 6.07) is 14.4. The first-order valence-corrected chi connectivity index (χ1v) is 9.00. The zero-order valence-electron chi connectivity index (χ0n) is 15.8. The second kappa shape index (κ2) is 8.08. The van der Waals surface area contributed by atoms with Crippen molar-refractivity contribution in [2.45, 2.75) is 19.8 Å². The predicted molar refractivity (Wildman–Crippen MR) is 104 cm³/mol. The lowest BCUT2D eigenvalue weighted by molar-refractivity contribution is -0.136. The van der Waals surface area contributed by atoms with Crippen molar-refractivity contribution in [3.05, 3.63) is 59.7 Å². The number of hydrogen-bond donors (Lipinski definition) is 0. The van der Waals surface area contributed by atoms with E-state index in [1.807, 2.05) is 31.2 Å². The number of ether oxygens (including phenoxy) is 2. The average Bonchev–Trinajstić information content (AvgIpc) is 2.96. The molecular weight excluding hydrogens is 342 g/mol. The molecule has 2 aromatic rings. The van der Waals surface area contributed by atoms with Gasteiger partial charge in [0.05, 0.1) is 25.4 Å². The van der Waals surface area contributed by atoms with E-state index in [0.717, 1.165) is 12.8 Å². The molecule has 2 aromatic carbocycles. The zero-order valence-corrected chi connectivity index (χ0v) is 15.8. The van der Waals surface area contributed by atoms with E-state index in [-0.39, 0.29) is 11.8 Å². The van der Waals surface area contributed by atoms with E-state index in [0.29, 0.717) is 40.3 Å². The van der Waals surface area contributed by atoms with Crippen molar-refractivity contribution in [1.29, 1.82) is 0 Å². The molecule has 0 aliphatic carbocycles. The number of imide groups is 1. The summed E-state index contributed by atoms with van der Waals surface area (Å²) in [6.07, 6.45) is 1.69. The third kappa shape index (κ3) is 3.58. The van der Waals surface area contributed by atoms with E-state index in [2.05, 4.69) is 0 Å². The molecule has 0 bridgehead atoms. The van der Waals surface area contributed by atoms with Gasteiger partial charge in [0.15, 0.2) is 0 Å². The van der Waals surface area contributed by atoms with Gasteiger partial charge in [0.2, 0.25) is 0 Å². The molecule has 140 valence electrons. The fourth-order valence-corrected chi connectivity index (χ4v) is 3.15. The van der Waals surface area contributed by atoms with Crippen LogP contribution in [0.15, 0.2) is 48.5 Å². The van der Waals surface area contributed by atoms with Gasteiger partial charge in [-0.3, -0.25) is 14.5 Å². The first-order chi connectivity index (χ1) is 13.1. The summed E-state index contributed by atoms with van der Waals surface area (Å²) in [5, 5.41) is 0. The summed E-state index contributed by atoms with van der Waals surface area (Å²) in [4.78, 5) is 27.5. The summed E-state index contributed by atoms with van der Waals surface area (Å²) < 4.78 is 10.4. The van der Waals surface area contributed by atoms with Gasteiger partial charge in [0.1, 0.15) is 11.5 Å². The Morgan fingerprint density at radius 3 is 1.48 bits per heavy atom. The highest BCUT2D eigenvalue weighted by molar-refractivity contribution is 6.49. The third-order valence-electron chi connectivity index (χ3n) is 4.66. The Balaban J connectivity index is 2.10. The lowest BCUT2D eigenvalue weighted by Crippen LogP contribution is -2.32. The van der Waals surface area contributed by atoms with Crippen LogP contribution in [0.25, 0.3) is 11.1 Å². The normalized spacial score (nSPS) is 14.1. The summed E-state index contributed by atoms with van der Waals surface area (Å²) in [6.45, 7) is 2.46. The Kier molecular flexibility index (Phi) is 5.60. The van der Waals surface area contributed by atoms with Crippen LogP contribution < -0.4 is 9.47 Å². The molecule has 0 spiro atoms. The van der Waals surface area contributed by atoms with Gasteiger partial charge in [-0.15, -0.1) is 0 Å². The van der Waals surface area contributed by atoms with Crippen molar-refractivity contribution in [2.24, 2.45) is 0 Å². The standard InChI is InChI=1S/C22H23NO4/c1-4-5-14-23-21(24)19(15-6-10-17(26-2)11-7-15)20(22(23)25)16-8-12-18(27-3)13-9-16/h6-13H,4-5,14H2,1-3H3. The maximum absolute atomic E-state index is 13.1. The highest BCUT2D eigenvalue weighted by atomic mass is 16.5. The van der Waals surface area contributed by atoms with Gasteiger partial charge < -0.3 is 9.47 Å². The number of methoxy groups -OCH3 is 2. The van der Waals surface area contributed by atoms with Crippen LogP contribution in [0.3, 0.4) is 0 Å². The summed E-state index contributed by atoms with van der Waals surface area (Å²) in [7, 11) is 3.18. The van der Waals surface area contributed by atoms with Crippen LogP contribution in [0.1, 0.15) is 30.9 Å². The van der Waals surface area contributed by atoms with Crippen molar-refractivity contribution < 1.29 is 19.1 Å². The number of rotatable bonds is 7. The first-order valence-electron chi connectivity index (χ1n) is 9.00. The number of nitrogens with zero attached hydrogens (tertiary/aromatic N) is 1. The van der Waals surface area contributed by atoms with Gasteiger partial charge in [0, 0.05) is 6.54 Å². The number of benzene rings is 2. The maximum atomic E-state index is 13.1. The molecule has 27 heavy (non-hydrogen) atoms. The molecular formula is C22H23NO4. The Labute approximate surface area is 159 Å². The number of amides is 2. The van der Waals surface area contributed by atoms with Crippen LogP contribution in [0, 0.1) is 0 Å². The van der Waals surface area contributed by atoms with Gasteiger partial charge in [0.25, 0.3) is 11.8 Å². The number of carbonyl (C=O) groups excluding carboxylic acids is 2. The smallest absolute Gasteiger partial charge is 0.262 e. The number of hydrogen-bond acceptors (Lipinski definition) is 4. The van der Waals surface area contributed by atoms with Crippen LogP contribution >= 0.6 is 0 Å². The summed E-state index contributed by atoms with van der Waals surface area (Å²) in [5.41, 5.74) is 2.28. The Morgan fingerprint density at radius 1 is 0.741 bits per heavy atom. The summed E-state index contributed by atoms with van der Waals surface area (Å²) >= 11 is 0. The lowest BCUT2D eigenvalue weighted by atomic mass is 9.96. The predicted octanol–water partition coefficient (Wildman–Crippen LogP) is 3.78. The zero-order chi connectivity index (χ0) is 19.4. The van der Waals surface area contributed by atoms with E-state index in [1.54, 1.807) is 38.5 Å². The van der Waals surface area contributed by atoms with Crippen molar-refractivity contribution in [3.63, 3.8) is 0 Å². The Bertz CT molecular complexity index is 797. The van der Waals surface area contributed by atoms with Crippen molar-refractivity contribution in [2.75, 3.05) is 20.8 Å². The van der Waals surface area contributed by atoms with Crippen LogP contribution in [-0.4, -0.2) is 37.5 Å². The third-order valence-corrected chi connectivity index (χ3v) is 4.66. The Hall–Kier alpha value is -3.08. The van der Waals surface area contributed by atoms with Crippen molar-refractivity contribution in [1.82, 2.24) is 4.90 Å². The fourth-order valence-electron chi connectivity index (χ4n) is 3.15. The minimum atomic E-state index is -0.246. The maximum Gasteiger partial charge on any atom is 0.262 e. The molecule has 5 heteroatoms. The molecule has 0 radical (unpaired) electrons. The lowest BCUT2D eigenvalue weighted by Gasteiger charge is -2.14. The van der Waals surface area contributed by atoms with Crippen molar-refractivity contribution >= 4 is 23.0 Å². The molecule has 0 saturated carbocycles. The van der Waals surface area contributed by atoms with E-state index in [1.165, 1.54) is 4.90 Å². The molecule has 5 nitrogen and oxygen atoms in total. The summed E-state index contributed by atoms with van der Waals surface area (Å²) in [5.74, 6) is 0.906. The Morgan fingerprint density at radius 2 is 1.15 bits per heavy atom. The van der Waals surface area contributed by atoms with Crippen LogP contribution in [-0.2, 0) is 9.59 Å². The van der Waals surface area contributed by atoms with Gasteiger partial charge in [-0.05, 0) is 41.8 Å². The highest BCUT2D eigenvalue weighted by Crippen LogP contribution is 2.36. The molecule has 1 heterocycles. The largest absolute Gasteiger partial charge is 0.497 e. The van der Waals surface area contributed by atoms with E-state index in [9.17, 15) is 9.59 Å². The van der Waals surface area contributed by atoms with E-state index in [4.69, 9.17) is 9.47 Å². The number of carbonyl (C=O) groups is 2. The minimum Gasteiger partial charge on any atom is -0.497 e. The topological polar surface area (TPSA) is 55.8 Å². The fraction of sp³-hybridized carbons (Fsp3) is 0.273. The molecule has 0 atom stereocenters. The molecule has 1 aliphatic heterocycles. The second-order valence-corrected chi connectivity index (χ2v) is 6.32. The van der Waals surface area contributed by atoms with Gasteiger partial charge in [-0.2, -0.15) is 0 Å². The highest BCUT2D eigenvalue weighted by Gasteiger charge is 2.39. The van der Waals surface area contributed by atoms with Gasteiger partial charge >= 0.3 is 0 Å². The molecule has 0 fully saturated rings. The quantitative estimate of drug-likeness (QED) is 0.701. The van der Waals surface area contributed by atoms with E-state index < -0.39 is 0 Å². The molecule has 0 unspecified atom stereocenters. The van der Waals surface area contributed by atoms with Gasteiger partial charge in [-0.1, -0.05) is 37.6 Å². The average molecular weight is 365 g/mol. The first kappa shape index (κ1) is 18.7. The molecule has 2 amide bonds. The molecule has 0 N–H and O–H groups in total. The van der Waals surface area contributed by atoms with Crippen molar-refractivity contribution in [3.8, 4) is 11.5 Å². The second-order valence-electron chi connectivity index (χ2n) is 6.32. The van der Waals surface area contributed by atoms with Gasteiger partial charge in [-0.25, -0.2) is 0 Å². The molecule has 1 aliphatic rings. The minimum absolute atomic E-state index is 0.246. The van der Waals surface area contributed by atoms with Crippen LogP contribution in [0.4, 0.5) is 0 Å². The van der Waals surface area contributed by atoms with Crippen LogP contribution in [0.2, 0.25) is 0 Å². The van der Waals surface area contributed by atoms with Crippen LogP contribution in [0.5, 0.6) is 11.5 Å². The SMILES string of the molecule is CCCCN1C(=O)C(c2ccc(OC)cc2)=C(c2ccc(OC)cc2)C1=O.